The van der Waals surface area contributed by atoms with Crippen LogP contribution in [0.25, 0.3) is 11.7 Å². The van der Waals surface area contributed by atoms with Gasteiger partial charge in [0.15, 0.2) is 0 Å². The molecule has 5 rings (SSSR count). The number of thioether (sulfide) groups is 1. The second-order valence-corrected chi connectivity index (χ2v) is 9.85. The Morgan fingerprint density at radius 2 is 1.78 bits per heavy atom. The van der Waals surface area contributed by atoms with Crippen LogP contribution < -0.4 is 15.4 Å². The van der Waals surface area contributed by atoms with Crippen LogP contribution in [0.15, 0.2) is 58.4 Å². The third kappa shape index (κ3) is 4.44. The summed E-state index contributed by atoms with van der Waals surface area (Å²) in [6.45, 7) is 1.42. The normalized spacial score (nSPS) is 17.5. The highest BCUT2D eigenvalue weighted by atomic mass is 32.2. The lowest BCUT2D eigenvalue weighted by atomic mass is 10.2. The maximum absolute atomic E-state index is 14.3. The van der Waals surface area contributed by atoms with Crippen LogP contribution in [0.2, 0.25) is 0 Å². The Balaban J connectivity index is 1.52. The first-order valence-electron chi connectivity index (χ1n) is 11.1. The molecular weight excluding hydrogens is 505 g/mol. The number of carboxylic acids is 1. The third-order valence-corrected chi connectivity index (χ3v) is 7.34. The number of carbonyl (C=O) groups excluding carboxylic acids is 1. The number of fused-ring (bicyclic) bond motifs is 1. The Morgan fingerprint density at radius 3 is 2.50 bits per heavy atom. The number of carboxylic acid groups (broad SMARTS) is 1. The molecule has 2 aliphatic heterocycles. The molecule has 0 bridgehead atoms. The number of amides is 1. The molecule has 0 atom stereocenters. The van der Waals surface area contributed by atoms with Gasteiger partial charge in [-0.15, -0.1) is 0 Å². The van der Waals surface area contributed by atoms with E-state index in [1.807, 2.05) is 9.80 Å². The van der Waals surface area contributed by atoms with Crippen LogP contribution in [0.3, 0.4) is 0 Å². The van der Waals surface area contributed by atoms with Gasteiger partial charge in [-0.3, -0.25) is 23.7 Å². The van der Waals surface area contributed by atoms with Gasteiger partial charge in [0.1, 0.15) is 28.1 Å². The van der Waals surface area contributed by atoms with Gasteiger partial charge in [-0.1, -0.05) is 42.2 Å². The number of pyridine rings is 1. The Morgan fingerprint density at radius 1 is 1.08 bits per heavy atom. The molecule has 0 saturated carbocycles. The van der Waals surface area contributed by atoms with E-state index in [4.69, 9.17) is 22.3 Å². The van der Waals surface area contributed by atoms with Gasteiger partial charge in [-0.05, 0) is 30.3 Å². The van der Waals surface area contributed by atoms with E-state index in [1.54, 1.807) is 42.6 Å². The number of hydrogen-bond acceptors (Lipinski definition) is 8. The molecule has 1 N–H and O–H groups in total. The maximum atomic E-state index is 14.3. The number of aliphatic carboxylic acids is 1. The largest absolute Gasteiger partial charge is 0.480 e. The summed E-state index contributed by atoms with van der Waals surface area (Å²) >= 11 is 6.13. The fourth-order valence-electron chi connectivity index (χ4n) is 4.23. The zero-order valence-electron chi connectivity index (χ0n) is 18.8. The average molecular weight is 526 g/mol. The Labute approximate surface area is 214 Å². The van der Waals surface area contributed by atoms with Gasteiger partial charge >= 0.3 is 5.97 Å². The molecule has 0 radical (unpaired) electrons. The number of thiocarbonyl (C=S) groups is 1. The molecule has 2 aromatic heterocycles. The van der Waals surface area contributed by atoms with Crippen LogP contribution in [0.4, 0.5) is 15.9 Å². The van der Waals surface area contributed by atoms with E-state index in [1.165, 1.54) is 16.5 Å². The molecule has 0 aliphatic carbocycles. The number of carbonyl (C=O) groups is 2. The molecule has 1 aromatic carbocycles. The van der Waals surface area contributed by atoms with Crippen molar-refractivity contribution in [3.05, 3.63) is 75.3 Å². The molecule has 2 fully saturated rings. The van der Waals surface area contributed by atoms with E-state index in [2.05, 4.69) is 0 Å². The number of piperazine rings is 1. The van der Waals surface area contributed by atoms with Crippen molar-refractivity contribution >= 4 is 63.4 Å². The number of nitrogens with zero attached hydrogens (tertiary/aromatic N) is 5. The molecule has 36 heavy (non-hydrogen) atoms. The fourth-order valence-corrected chi connectivity index (χ4v) is 5.47. The minimum atomic E-state index is -1.19. The van der Waals surface area contributed by atoms with Crippen LogP contribution in [0.1, 0.15) is 5.56 Å². The molecule has 2 aliphatic rings. The predicted octanol–water partition coefficient (Wildman–Crippen LogP) is 2.45. The van der Waals surface area contributed by atoms with Crippen LogP contribution in [0, 0.1) is 5.82 Å². The van der Waals surface area contributed by atoms with Gasteiger partial charge in [-0.25, -0.2) is 9.37 Å². The van der Waals surface area contributed by atoms with Crippen molar-refractivity contribution < 1.29 is 19.1 Å². The standard InChI is InChI=1S/C24H20FN5O4S2/c25-16-5-1-2-6-17(16)27-9-11-28(12-10-27)21-15(22(33)29-8-4-3-7-19(29)26-21)13-18-23(34)30(14-20(31)32)24(35)36-18/h1-8,13H,9-12,14H2,(H,31,32). The molecule has 3 aromatic rings. The SMILES string of the molecule is O=C(O)CN1C(=O)C(=Cc2c(N3CCN(c4ccccc4F)CC3)nc3ccccn3c2=O)SC1=S. The monoisotopic (exact) mass is 525 g/mol. The Kier molecular flexibility index (Phi) is 6.46. The number of aromatic nitrogens is 2. The average Bonchev–Trinajstić information content (AvgIpc) is 3.13. The summed E-state index contributed by atoms with van der Waals surface area (Å²) in [5.74, 6) is -1.64. The molecule has 0 spiro atoms. The van der Waals surface area contributed by atoms with E-state index < -0.39 is 18.4 Å². The Bertz CT molecular complexity index is 1480. The first kappa shape index (κ1) is 23.9. The van der Waals surface area contributed by atoms with Crippen molar-refractivity contribution in [2.45, 2.75) is 0 Å². The van der Waals surface area contributed by atoms with Crippen LogP contribution in [-0.4, -0.2) is 68.3 Å². The molecule has 4 heterocycles. The van der Waals surface area contributed by atoms with E-state index in [0.29, 0.717) is 43.3 Å². The summed E-state index contributed by atoms with van der Waals surface area (Å²) in [6.07, 6.45) is 3.03. The highest BCUT2D eigenvalue weighted by Gasteiger charge is 2.34. The van der Waals surface area contributed by atoms with Gasteiger partial charge in [0.25, 0.3) is 11.5 Å². The zero-order valence-corrected chi connectivity index (χ0v) is 20.5. The lowest BCUT2D eigenvalue weighted by Gasteiger charge is -2.37. The van der Waals surface area contributed by atoms with Crippen molar-refractivity contribution in [1.29, 1.82) is 0 Å². The third-order valence-electron chi connectivity index (χ3n) is 5.96. The van der Waals surface area contributed by atoms with Crippen LogP contribution in [0.5, 0.6) is 0 Å². The molecule has 1 amide bonds. The molecular formula is C24H20FN5O4S2. The maximum Gasteiger partial charge on any atom is 0.323 e. The van der Waals surface area contributed by atoms with Gasteiger partial charge in [0.05, 0.1) is 16.2 Å². The zero-order chi connectivity index (χ0) is 25.4. The summed E-state index contributed by atoms with van der Waals surface area (Å²) < 4.78 is 15.8. The second-order valence-electron chi connectivity index (χ2n) is 8.17. The minimum Gasteiger partial charge on any atom is -0.480 e. The Hall–Kier alpha value is -3.77. The predicted molar refractivity (Wildman–Crippen MR) is 140 cm³/mol. The minimum absolute atomic E-state index is 0.113. The van der Waals surface area contributed by atoms with E-state index >= 15 is 0 Å². The number of rotatable bonds is 5. The molecule has 184 valence electrons. The second kappa shape index (κ2) is 9.70. The molecule has 9 nitrogen and oxygen atoms in total. The van der Waals surface area contributed by atoms with Crippen molar-refractivity contribution in [1.82, 2.24) is 14.3 Å². The van der Waals surface area contributed by atoms with E-state index in [9.17, 15) is 18.8 Å². The lowest BCUT2D eigenvalue weighted by Crippen LogP contribution is -2.47. The smallest absolute Gasteiger partial charge is 0.323 e. The first-order valence-corrected chi connectivity index (χ1v) is 12.3. The van der Waals surface area contributed by atoms with Gasteiger partial charge in [0, 0.05) is 32.4 Å². The summed E-state index contributed by atoms with van der Waals surface area (Å²) in [5, 5.41) is 9.10. The van der Waals surface area contributed by atoms with Crippen molar-refractivity contribution in [3.8, 4) is 0 Å². The van der Waals surface area contributed by atoms with Gasteiger partial charge in [-0.2, -0.15) is 0 Å². The number of halogens is 1. The quantitative estimate of drug-likeness (QED) is 0.398. The van der Waals surface area contributed by atoms with Gasteiger partial charge < -0.3 is 14.9 Å². The highest BCUT2D eigenvalue weighted by Crippen LogP contribution is 2.33. The highest BCUT2D eigenvalue weighted by molar-refractivity contribution is 8.26. The summed E-state index contributed by atoms with van der Waals surface area (Å²) in [6, 6.07) is 11.8. The fraction of sp³-hybridized carbons (Fsp3) is 0.208. The summed E-state index contributed by atoms with van der Waals surface area (Å²) in [5.41, 5.74) is 0.806. The topological polar surface area (TPSA) is 98.5 Å². The van der Waals surface area contributed by atoms with Crippen molar-refractivity contribution in [3.63, 3.8) is 0 Å². The van der Waals surface area contributed by atoms with Gasteiger partial charge in [0.2, 0.25) is 0 Å². The van der Waals surface area contributed by atoms with E-state index in [-0.39, 0.29) is 26.2 Å². The van der Waals surface area contributed by atoms with Crippen LogP contribution >= 0.6 is 24.0 Å². The van der Waals surface area contributed by atoms with Crippen molar-refractivity contribution in [2.75, 3.05) is 42.5 Å². The number of para-hydroxylation sites is 1. The van der Waals surface area contributed by atoms with E-state index in [0.717, 1.165) is 16.7 Å². The van der Waals surface area contributed by atoms with Crippen molar-refractivity contribution in [2.24, 2.45) is 0 Å². The number of benzene rings is 1. The molecule has 0 unspecified atom stereocenters. The lowest BCUT2D eigenvalue weighted by molar-refractivity contribution is -0.140. The molecule has 2 saturated heterocycles. The number of anilines is 2. The summed E-state index contributed by atoms with van der Waals surface area (Å²) in [4.78, 5) is 47.2. The van der Waals surface area contributed by atoms with Crippen LogP contribution in [-0.2, 0) is 9.59 Å². The molecule has 12 heteroatoms. The summed E-state index contributed by atoms with van der Waals surface area (Å²) in [7, 11) is 0. The first-order chi connectivity index (χ1) is 17.3. The number of hydrogen-bond donors (Lipinski definition) is 1.